The van der Waals surface area contributed by atoms with Crippen LogP contribution < -0.4 is 10.6 Å². The van der Waals surface area contributed by atoms with Crippen molar-refractivity contribution in [3.8, 4) is 0 Å². The zero-order chi connectivity index (χ0) is 15.1. The van der Waals surface area contributed by atoms with Gasteiger partial charge < -0.3 is 15.4 Å². The Morgan fingerprint density at radius 1 is 1.36 bits per heavy atom. The van der Waals surface area contributed by atoms with Gasteiger partial charge in [0, 0.05) is 6.54 Å². The first-order valence-electron chi connectivity index (χ1n) is 7.38. The molecule has 0 unspecified atom stereocenters. The Bertz CT molecular complexity index is 476. The van der Waals surface area contributed by atoms with Gasteiger partial charge in [0.15, 0.2) is 0 Å². The fraction of sp³-hybridized carbons (Fsp3) is 0.500. The highest BCUT2D eigenvalue weighted by molar-refractivity contribution is 5.85. The smallest absolute Gasteiger partial charge is 0.310 e. The molecule has 2 atom stereocenters. The molecular weight excluding hydrogens is 304 g/mol. The topological polar surface area (TPSA) is 67.4 Å². The number of esters is 1. The van der Waals surface area contributed by atoms with Crippen molar-refractivity contribution in [1.29, 1.82) is 0 Å². The Labute approximate surface area is 137 Å². The molecule has 0 aliphatic carbocycles. The fourth-order valence-electron chi connectivity index (χ4n) is 2.24. The zero-order valence-electron chi connectivity index (χ0n) is 12.7. The van der Waals surface area contributed by atoms with Gasteiger partial charge in [-0.15, -0.1) is 12.4 Å². The molecular formula is C16H23ClN2O3. The normalized spacial score (nSPS) is 18.1. The summed E-state index contributed by atoms with van der Waals surface area (Å²) in [5.74, 6) is -0.673. The maximum atomic E-state index is 11.9. The first kappa shape index (κ1) is 18.5. The lowest BCUT2D eigenvalue weighted by Crippen LogP contribution is -2.43. The number of rotatable bonds is 6. The van der Waals surface area contributed by atoms with Crippen LogP contribution in [0, 0.1) is 5.92 Å². The van der Waals surface area contributed by atoms with Crippen molar-refractivity contribution in [3.63, 3.8) is 0 Å². The van der Waals surface area contributed by atoms with Gasteiger partial charge in [-0.2, -0.15) is 0 Å². The number of amides is 1. The Morgan fingerprint density at radius 2 is 2.09 bits per heavy atom. The number of nitrogens with one attached hydrogen (secondary N) is 2. The van der Waals surface area contributed by atoms with Crippen molar-refractivity contribution in [1.82, 2.24) is 10.6 Å². The van der Waals surface area contributed by atoms with E-state index < -0.39 is 0 Å². The van der Waals surface area contributed by atoms with E-state index in [4.69, 9.17) is 4.74 Å². The number of carbonyl (C=O) groups is 2. The molecule has 1 aromatic carbocycles. The van der Waals surface area contributed by atoms with Crippen LogP contribution in [0.5, 0.6) is 0 Å². The molecule has 0 spiro atoms. The summed E-state index contributed by atoms with van der Waals surface area (Å²) in [5.41, 5.74) is 0.956. The minimum Gasteiger partial charge on any atom is -0.461 e. The van der Waals surface area contributed by atoms with E-state index in [-0.39, 0.29) is 42.9 Å². The Kier molecular flexibility index (Phi) is 7.91. The largest absolute Gasteiger partial charge is 0.461 e. The second-order valence-electron chi connectivity index (χ2n) is 5.39. The first-order valence-corrected chi connectivity index (χ1v) is 7.38. The van der Waals surface area contributed by atoms with E-state index in [0.717, 1.165) is 24.9 Å². The quantitative estimate of drug-likeness (QED) is 0.780. The maximum Gasteiger partial charge on any atom is 0.310 e. The van der Waals surface area contributed by atoms with Gasteiger partial charge in [0.2, 0.25) is 5.91 Å². The molecule has 0 bridgehead atoms. The van der Waals surface area contributed by atoms with Crippen LogP contribution in [0.3, 0.4) is 0 Å². The van der Waals surface area contributed by atoms with Gasteiger partial charge in [0.05, 0.1) is 12.0 Å². The number of hydrogen-bond acceptors (Lipinski definition) is 4. The highest BCUT2D eigenvalue weighted by Gasteiger charge is 2.23. The van der Waals surface area contributed by atoms with Crippen LogP contribution in [0.25, 0.3) is 0 Å². The monoisotopic (exact) mass is 326 g/mol. The molecule has 6 heteroatoms. The Balaban J connectivity index is 0.00000242. The molecule has 1 heterocycles. The summed E-state index contributed by atoms with van der Waals surface area (Å²) in [6.45, 7) is 3.22. The van der Waals surface area contributed by atoms with E-state index in [2.05, 4.69) is 10.6 Å². The van der Waals surface area contributed by atoms with Crippen molar-refractivity contribution in [2.75, 3.05) is 13.1 Å². The maximum absolute atomic E-state index is 11.9. The van der Waals surface area contributed by atoms with Crippen LogP contribution in [-0.4, -0.2) is 31.0 Å². The average molecular weight is 327 g/mol. The van der Waals surface area contributed by atoms with Crippen molar-refractivity contribution < 1.29 is 14.3 Å². The lowest BCUT2D eigenvalue weighted by Gasteiger charge is -2.15. The predicted molar refractivity (Wildman–Crippen MR) is 86.7 cm³/mol. The van der Waals surface area contributed by atoms with E-state index in [1.165, 1.54) is 0 Å². The molecule has 1 aliphatic rings. The van der Waals surface area contributed by atoms with Crippen LogP contribution >= 0.6 is 12.4 Å². The average Bonchev–Trinajstić information content (AvgIpc) is 3.05. The van der Waals surface area contributed by atoms with Crippen LogP contribution in [-0.2, 0) is 20.9 Å². The number of ether oxygens (including phenoxy) is 1. The van der Waals surface area contributed by atoms with Crippen molar-refractivity contribution >= 4 is 24.3 Å². The van der Waals surface area contributed by atoms with Gasteiger partial charge in [-0.3, -0.25) is 9.59 Å². The molecule has 1 amide bonds. The van der Waals surface area contributed by atoms with Crippen LogP contribution in [0.15, 0.2) is 30.3 Å². The highest BCUT2D eigenvalue weighted by atomic mass is 35.5. The summed E-state index contributed by atoms with van der Waals surface area (Å²) in [5, 5.41) is 5.93. The molecule has 1 aromatic rings. The summed E-state index contributed by atoms with van der Waals surface area (Å²) < 4.78 is 5.24. The molecule has 0 radical (unpaired) electrons. The van der Waals surface area contributed by atoms with Crippen LogP contribution in [0.4, 0.5) is 0 Å². The number of benzene rings is 1. The standard InChI is InChI=1S/C16H22N2O3.ClH/c1-12(10-18-15(19)14-8-5-9-17-14)16(20)21-11-13-6-3-2-4-7-13;/h2-4,6-7,12,14,17H,5,8-11H2,1H3,(H,18,19);1H/t12-,14+;/m1./s1. The Hall–Kier alpha value is -1.59. The third-order valence-corrected chi connectivity index (χ3v) is 3.59. The van der Waals surface area contributed by atoms with Gasteiger partial charge in [0.25, 0.3) is 0 Å². The lowest BCUT2D eigenvalue weighted by molar-refractivity contribution is -0.149. The lowest BCUT2D eigenvalue weighted by atomic mass is 10.1. The summed E-state index contributed by atoms with van der Waals surface area (Å²) in [7, 11) is 0. The highest BCUT2D eigenvalue weighted by Crippen LogP contribution is 2.06. The molecule has 22 heavy (non-hydrogen) atoms. The SMILES string of the molecule is C[C@H](CNC(=O)[C@@H]1CCCN1)C(=O)OCc1ccccc1.Cl. The van der Waals surface area contributed by atoms with E-state index in [9.17, 15) is 9.59 Å². The Morgan fingerprint density at radius 3 is 2.73 bits per heavy atom. The van der Waals surface area contributed by atoms with Crippen molar-refractivity contribution in [2.45, 2.75) is 32.4 Å². The van der Waals surface area contributed by atoms with Gasteiger partial charge in [-0.25, -0.2) is 0 Å². The van der Waals surface area contributed by atoms with E-state index >= 15 is 0 Å². The second kappa shape index (κ2) is 9.43. The minimum absolute atomic E-state index is 0. The van der Waals surface area contributed by atoms with E-state index in [0.29, 0.717) is 6.54 Å². The summed E-state index contributed by atoms with van der Waals surface area (Å²) in [6.07, 6.45) is 1.88. The van der Waals surface area contributed by atoms with Gasteiger partial charge >= 0.3 is 5.97 Å². The second-order valence-corrected chi connectivity index (χ2v) is 5.39. The number of carbonyl (C=O) groups excluding carboxylic acids is 2. The molecule has 5 nitrogen and oxygen atoms in total. The van der Waals surface area contributed by atoms with Crippen molar-refractivity contribution in [3.05, 3.63) is 35.9 Å². The summed E-state index contributed by atoms with van der Waals surface area (Å²) >= 11 is 0. The fourth-order valence-corrected chi connectivity index (χ4v) is 2.24. The molecule has 1 fully saturated rings. The molecule has 2 N–H and O–H groups in total. The van der Waals surface area contributed by atoms with E-state index in [1.54, 1.807) is 6.92 Å². The molecule has 2 rings (SSSR count). The number of hydrogen-bond donors (Lipinski definition) is 2. The minimum atomic E-state index is -0.348. The number of halogens is 1. The summed E-state index contributed by atoms with van der Waals surface area (Å²) in [4.78, 5) is 23.7. The molecule has 1 saturated heterocycles. The molecule has 122 valence electrons. The molecule has 1 aliphatic heterocycles. The predicted octanol–water partition coefficient (Wildman–Crippen LogP) is 1.66. The van der Waals surface area contributed by atoms with Crippen LogP contribution in [0.1, 0.15) is 25.3 Å². The van der Waals surface area contributed by atoms with E-state index in [1.807, 2.05) is 30.3 Å². The van der Waals surface area contributed by atoms with Crippen LogP contribution in [0.2, 0.25) is 0 Å². The molecule has 0 aromatic heterocycles. The van der Waals surface area contributed by atoms with Gasteiger partial charge in [0.1, 0.15) is 6.61 Å². The third-order valence-electron chi connectivity index (χ3n) is 3.59. The van der Waals surface area contributed by atoms with Crippen molar-refractivity contribution in [2.24, 2.45) is 5.92 Å². The summed E-state index contributed by atoms with van der Waals surface area (Å²) in [6, 6.07) is 9.43. The third kappa shape index (κ3) is 5.66. The zero-order valence-corrected chi connectivity index (χ0v) is 13.5. The first-order chi connectivity index (χ1) is 10.2. The van der Waals surface area contributed by atoms with Gasteiger partial charge in [-0.05, 0) is 24.9 Å². The van der Waals surface area contributed by atoms with Gasteiger partial charge in [-0.1, -0.05) is 37.3 Å². The molecule has 0 saturated carbocycles.